The number of aryl methyl sites for hydroxylation is 2. The molecular weight excluding hydrogens is 208 g/mol. The summed E-state index contributed by atoms with van der Waals surface area (Å²) in [7, 11) is 1.87. The number of ether oxygens (including phenoxy) is 2. The van der Waals surface area contributed by atoms with E-state index < -0.39 is 0 Å². The van der Waals surface area contributed by atoms with Gasteiger partial charge in [0.25, 0.3) is 0 Å². The van der Waals surface area contributed by atoms with E-state index >= 15 is 0 Å². The Labute approximate surface area is 95.0 Å². The average Bonchev–Trinajstić information content (AvgIpc) is 2.61. The van der Waals surface area contributed by atoms with Crippen LogP contribution in [-0.4, -0.2) is 34.7 Å². The summed E-state index contributed by atoms with van der Waals surface area (Å²) in [6.45, 7) is 5.00. The number of hydrogen-bond acceptors (Lipinski definition) is 4. The molecule has 0 radical (unpaired) electrons. The molecule has 1 aromatic rings. The first kappa shape index (κ1) is 11.6. The fourth-order valence-electron chi connectivity index (χ4n) is 1.79. The quantitative estimate of drug-likeness (QED) is 0.809. The fourth-order valence-corrected chi connectivity index (χ4v) is 1.79. The molecule has 0 bridgehead atoms. The van der Waals surface area contributed by atoms with Crippen LogP contribution in [0.15, 0.2) is 6.20 Å². The molecular formula is C11H18N2O3. The van der Waals surface area contributed by atoms with Gasteiger partial charge in [-0.1, -0.05) is 6.92 Å². The zero-order chi connectivity index (χ0) is 11.8. The molecule has 2 heterocycles. The summed E-state index contributed by atoms with van der Waals surface area (Å²) < 4.78 is 13.1. The Hall–Kier alpha value is -0.910. The molecule has 1 N–H and O–H groups in total. The van der Waals surface area contributed by atoms with E-state index in [4.69, 9.17) is 9.47 Å². The largest absolute Gasteiger partial charge is 0.396 e. The van der Waals surface area contributed by atoms with Gasteiger partial charge in [0.05, 0.1) is 31.7 Å². The van der Waals surface area contributed by atoms with Crippen LogP contribution in [-0.2, 0) is 16.5 Å². The molecule has 2 rings (SSSR count). The molecule has 0 amide bonds. The molecule has 5 nitrogen and oxygen atoms in total. The topological polar surface area (TPSA) is 56.5 Å². The van der Waals surface area contributed by atoms with E-state index in [-0.39, 0.29) is 18.3 Å². The normalized spacial score (nSPS) is 30.6. The molecule has 0 atom stereocenters. The number of aromatic nitrogens is 2. The van der Waals surface area contributed by atoms with Crippen LogP contribution in [0.1, 0.15) is 24.5 Å². The lowest BCUT2D eigenvalue weighted by molar-refractivity contribution is -0.239. The lowest BCUT2D eigenvalue weighted by atomic mass is 9.93. The van der Waals surface area contributed by atoms with Gasteiger partial charge in [-0.15, -0.1) is 0 Å². The van der Waals surface area contributed by atoms with Crippen LogP contribution < -0.4 is 0 Å². The number of nitrogens with zero attached hydrogens (tertiary/aromatic N) is 2. The Morgan fingerprint density at radius 3 is 2.62 bits per heavy atom. The SMILES string of the molecule is Cc1cnn(C)c1C1OCC(C)(CO)CO1. The maximum atomic E-state index is 9.20. The van der Waals surface area contributed by atoms with Gasteiger partial charge in [0.1, 0.15) is 0 Å². The maximum absolute atomic E-state index is 9.20. The van der Waals surface area contributed by atoms with Gasteiger partial charge in [0.15, 0.2) is 0 Å². The van der Waals surface area contributed by atoms with Crippen LogP contribution in [0.3, 0.4) is 0 Å². The van der Waals surface area contributed by atoms with E-state index in [0.29, 0.717) is 13.2 Å². The monoisotopic (exact) mass is 226 g/mol. The number of aliphatic hydroxyl groups is 1. The highest BCUT2D eigenvalue weighted by Gasteiger charge is 2.34. The Morgan fingerprint density at radius 2 is 2.19 bits per heavy atom. The van der Waals surface area contributed by atoms with Crippen molar-refractivity contribution >= 4 is 0 Å². The van der Waals surface area contributed by atoms with Crippen molar-refractivity contribution in [2.45, 2.75) is 20.1 Å². The van der Waals surface area contributed by atoms with Gasteiger partial charge in [-0.3, -0.25) is 4.68 Å². The summed E-state index contributed by atoms with van der Waals surface area (Å²) in [5, 5.41) is 13.4. The van der Waals surface area contributed by atoms with E-state index in [9.17, 15) is 5.11 Å². The third-order valence-corrected chi connectivity index (χ3v) is 2.95. The molecule has 0 unspecified atom stereocenters. The predicted octanol–water partition coefficient (Wildman–Crippen LogP) is 0.773. The first-order valence-corrected chi connectivity index (χ1v) is 5.38. The molecule has 0 aliphatic carbocycles. The highest BCUT2D eigenvalue weighted by atomic mass is 16.7. The third kappa shape index (κ3) is 1.98. The summed E-state index contributed by atoms with van der Waals surface area (Å²) in [4.78, 5) is 0. The van der Waals surface area contributed by atoms with Crippen molar-refractivity contribution in [3.63, 3.8) is 0 Å². The van der Waals surface area contributed by atoms with Gasteiger partial charge in [0, 0.05) is 12.5 Å². The van der Waals surface area contributed by atoms with Gasteiger partial charge in [0.2, 0.25) is 6.29 Å². The molecule has 16 heavy (non-hydrogen) atoms. The minimum absolute atomic E-state index is 0.0735. The molecule has 1 aromatic heterocycles. The van der Waals surface area contributed by atoms with Crippen LogP contribution in [0.25, 0.3) is 0 Å². The Bertz CT molecular complexity index is 348. The summed E-state index contributed by atoms with van der Waals surface area (Å²) >= 11 is 0. The molecule has 1 fully saturated rings. The van der Waals surface area contributed by atoms with Crippen LogP contribution in [0.2, 0.25) is 0 Å². The van der Waals surface area contributed by atoms with Crippen LogP contribution >= 0.6 is 0 Å². The van der Waals surface area contributed by atoms with E-state index in [1.165, 1.54) is 0 Å². The van der Waals surface area contributed by atoms with Crippen molar-refractivity contribution in [3.8, 4) is 0 Å². The van der Waals surface area contributed by atoms with Crippen LogP contribution in [0.4, 0.5) is 0 Å². The molecule has 0 saturated carbocycles. The minimum Gasteiger partial charge on any atom is -0.396 e. The number of rotatable bonds is 2. The van der Waals surface area contributed by atoms with Crippen LogP contribution in [0.5, 0.6) is 0 Å². The third-order valence-electron chi connectivity index (χ3n) is 2.95. The van der Waals surface area contributed by atoms with E-state index in [2.05, 4.69) is 5.10 Å². The Kier molecular flexibility index (Phi) is 3.01. The van der Waals surface area contributed by atoms with Crippen LogP contribution in [0, 0.1) is 12.3 Å². The Balaban J connectivity index is 2.10. The summed E-state index contributed by atoms with van der Waals surface area (Å²) in [5.41, 5.74) is 1.71. The fraction of sp³-hybridized carbons (Fsp3) is 0.727. The molecule has 90 valence electrons. The average molecular weight is 226 g/mol. The van der Waals surface area contributed by atoms with Crippen molar-refractivity contribution < 1.29 is 14.6 Å². The lowest BCUT2D eigenvalue weighted by Crippen LogP contribution is -2.39. The predicted molar refractivity (Wildman–Crippen MR) is 57.8 cm³/mol. The molecule has 0 aromatic carbocycles. The molecule has 0 spiro atoms. The zero-order valence-corrected chi connectivity index (χ0v) is 9.93. The summed E-state index contributed by atoms with van der Waals surface area (Å²) in [5.74, 6) is 0. The molecule has 1 aliphatic heterocycles. The smallest absolute Gasteiger partial charge is 0.201 e. The van der Waals surface area contributed by atoms with Gasteiger partial charge in [-0.05, 0) is 12.5 Å². The molecule has 1 aliphatic rings. The van der Waals surface area contributed by atoms with Gasteiger partial charge < -0.3 is 14.6 Å². The Morgan fingerprint density at radius 1 is 1.56 bits per heavy atom. The van der Waals surface area contributed by atoms with Gasteiger partial charge >= 0.3 is 0 Å². The van der Waals surface area contributed by atoms with Crippen molar-refractivity contribution in [1.29, 1.82) is 0 Å². The summed E-state index contributed by atoms with van der Waals surface area (Å²) in [6.07, 6.45) is 1.43. The minimum atomic E-state index is -0.368. The number of aliphatic hydroxyl groups excluding tert-OH is 1. The van der Waals surface area contributed by atoms with Crippen molar-refractivity contribution in [2.75, 3.05) is 19.8 Å². The van der Waals surface area contributed by atoms with E-state index in [0.717, 1.165) is 11.3 Å². The van der Waals surface area contributed by atoms with Crippen molar-refractivity contribution in [2.24, 2.45) is 12.5 Å². The summed E-state index contributed by atoms with van der Waals surface area (Å²) in [6, 6.07) is 0. The van der Waals surface area contributed by atoms with Crippen molar-refractivity contribution in [3.05, 3.63) is 17.5 Å². The molecule has 1 saturated heterocycles. The first-order valence-electron chi connectivity index (χ1n) is 5.38. The van der Waals surface area contributed by atoms with Gasteiger partial charge in [-0.25, -0.2) is 0 Å². The molecule has 5 heteroatoms. The second-order valence-electron chi connectivity index (χ2n) is 4.76. The highest BCUT2D eigenvalue weighted by Crippen LogP contribution is 2.32. The first-order chi connectivity index (χ1) is 7.56. The standard InChI is InChI=1S/C11H18N2O3/c1-8-4-12-13(3)9(8)10-15-6-11(2,5-14)7-16-10/h4,10,14H,5-7H2,1-3H3. The number of hydrogen-bond donors (Lipinski definition) is 1. The second kappa shape index (κ2) is 4.16. The zero-order valence-electron chi connectivity index (χ0n) is 9.93. The van der Waals surface area contributed by atoms with Gasteiger partial charge in [-0.2, -0.15) is 5.10 Å². The highest BCUT2D eigenvalue weighted by molar-refractivity contribution is 5.17. The van der Waals surface area contributed by atoms with Crippen molar-refractivity contribution in [1.82, 2.24) is 9.78 Å². The lowest BCUT2D eigenvalue weighted by Gasteiger charge is -2.36. The van der Waals surface area contributed by atoms with E-state index in [1.54, 1.807) is 10.9 Å². The van der Waals surface area contributed by atoms with E-state index in [1.807, 2.05) is 20.9 Å². The second-order valence-corrected chi connectivity index (χ2v) is 4.76. The maximum Gasteiger partial charge on any atom is 0.201 e.